The van der Waals surface area contributed by atoms with Gasteiger partial charge < -0.3 is 14.8 Å². The zero-order valence-electron chi connectivity index (χ0n) is 15.1. The first-order valence-corrected chi connectivity index (χ1v) is 9.03. The summed E-state index contributed by atoms with van der Waals surface area (Å²) in [6.07, 6.45) is 0. The van der Waals surface area contributed by atoms with Crippen LogP contribution in [-0.2, 0) is 4.79 Å². The maximum atomic E-state index is 12.5. The second kappa shape index (κ2) is 8.54. The zero-order valence-corrected chi connectivity index (χ0v) is 15.9. The van der Waals surface area contributed by atoms with Crippen molar-refractivity contribution >= 4 is 23.4 Å². The van der Waals surface area contributed by atoms with Crippen molar-refractivity contribution in [3.8, 4) is 17.2 Å². The lowest BCUT2D eigenvalue weighted by Crippen LogP contribution is -2.22. The number of rotatable bonds is 7. The van der Waals surface area contributed by atoms with Crippen LogP contribution in [0.4, 0.5) is 5.69 Å². The average molecular weight is 385 g/mol. The van der Waals surface area contributed by atoms with Gasteiger partial charge in [-0.05, 0) is 65.9 Å². The molecule has 1 atom stereocenters. The Hall–Kier alpha value is -3.07. The Labute approximate surface area is 160 Å². The van der Waals surface area contributed by atoms with E-state index in [0.29, 0.717) is 10.8 Å². The fourth-order valence-corrected chi connectivity index (χ4v) is 3.08. The molecule has 0 saturated heterocycles. The van der Waals surface area contributed by atoms with Crippen LogP contribution < -0.4 is 14.8 Å². The zero-order chi connectivity index (χ0) is 19.2. The molecule has 2 aromatic carbocycles. The van der Waals surface area contributed by atoms with Crippen molar-refractivity contribution in [3.63, 3.8) is 0 Å². The number of aromatic nitrogens is 4. The van der Waals surface area contributed by atoms with Crippen molar-refractivity contribution in [2.45, 2.75) is 17.3 Å². The van der Waals surface area contributed by atoms with Crippen molar-refractivity contribution < 1.29 is 14.3 Å². The Morgan fingerprint density at radius 1 is 1.04 bits per heavy atom. The molecule has 27 heavy (non-hydrogen) atoms. The van der Waals surface area contributed by atoms with Crippen LogP contribution in [0.2, 0.25) is 0 Å². The number of nitrogens with one attached hydrogen (secondary N) is 1. The number of hydrogen-bond acceptors (Lipinski definition) is 7. The number of methoxy groups -OCH3 is 2. The van der Waals surface area contributed by atoms with E-state index < -0.39 is 5.25 Å². The monoisotopic (exact) mass is 385 g/mol. The minimum atomic E-state index is -0.393. The van der Waals surface area contributed by atoms with E-state index in [1.807, 2.05) is 24.3 Å². The first kappa shape index (κ1) is 18.7. The van der Waals surface area contributed by atoms with Crippen molar-refractivity contribution in [1.29, 1.82) is 0 Å². The van der Waals surface area contributed by atoms with Gasteiger partial charge in [0.15, 0.2) is 0 Å². The lowest BCUT2D eigenvalue weighted by Gasteiger charge is -2.12. The number of carbonyl (C=O) groups is 1. The molecule has 1 amide bonds. The summed E-state index contributed by atoms with van der Waals surface area (Å²) in [7, 11) is 3.20. The highest BCUT2D eigenvalue weighted by atomic mass is 32.2. The SMILES string of the molecule is COc1ccc(NC(=O)[C@@H](C)Sc2nnnn2-c2ccc(OC)cc2)cc1. The van der Waals surface area contributed by atoms with Gasteiger partial charge in [-0.3, -0.25) is 4.79 Å². The fourth-order valence-electron chi connectivity index (χ4n) is 2.27. The quantitative estimate of drug-likeness (QED) is 0.625. The van der Waals surface area contributed by atoms with Gasteiger partial charge >= 0.3 is 0 Å². The van der Waals surface area contributed by atoms with E-state index >= 15 is 0 Å². The van der Waals surface area contributed by atoms with Gasteiger partial charge in [-0.1, -0.05) is 11.8 Å². The van der Waals surface area contributed by atoms with E-state index in [-0.39, 0.29) is 5.91 Å². The molecule has 0 aliphatic rings. The Morgan fingerprint density at radius 2 is 1.63 bits per heavy atom. The molecule has 3 rings (SSSR count). The van der Waals surface area contributed by atoms with Gasteiger partial charge in [-0.15, -0.1) is 5.10 Å². The van der Waals surface area contributed by atoms with E-state index in [2.05, 4.69) is 20.8 Å². The van der Waals surface area contributed by atoms with E-state index in [4.69, 9.17) is 9.47 Å². The second-order valence-corrected chi connectivity index (χ2v) is 6.86. The van der Waals surface area contributed by atoms with Crippen LogP contribution >= 0.6 is 11.8 Å². The molecule has 0 radical (unpaired) electrons. The first-order chi connectivity index (χ1) is 13.1. The summed E-state index contributed by atoms with van der Waals surface area (Å²) in [5.41, 5.74) is 1.48. The third kappa shape index (κ3) is 4.56. The van der Waals surface area contributed by atoms with Gasteiger partial charge in [-0.2, -0.15) is 4.68 Å². The number of amides is 1. The van der Waals surface area contributed by atoms with E-state index in [0.717, 1.165) is 17.2 Å². The molecule has 0 aliphatic carbocycles. The molecule has 1 N–H and O–H groups in total. The van der Waals surface area contributed by atoms with Gasteiger partial charge in [0, 0.05) is 5.69 Å². The summed E-state index contributed by atoms with van der Waals surface area (Å²) in [5.74, 6) is 1.33. The number of nitrogens with zero attached hydrogens (tertiary/aromatic N) is 4. The molecule has 0 saturated carbocycles. The predicted molar refractivity (Wildman–Crippen MR) is 103 cm³/mol. The number of hydrogen-bond donors (Lipinski definition) is 1. The minimum absolute atomic E-state index is 0.144. The van der Waals surface area contributed by atoms with Gasteiger partial charge in [-0.25, -0.2) is 0 Å². The number of carbonyl (C=O) groups excluding carboxylic acids is 1. The summed E-state index contributed by atoms with van der Waals surface area (Å²) in [6.45, 7) is 1.80. The molecular weight excluding hydrogens is 366 g/mol. The molecule has 1 aromatic heterocycles. The molecular formula is C18H19N5O3S. The van der Waals surface area contributed by atoms with Crippen molar-refractivity contribution in [2.75, 3.05) is 19.5 Å². The third-order valence-corrected chi connectivity index (χ3v) is 4.80. The van der Waals surface area contributed by atoms with E-state index in [9.17, 15) is 4.79 Å². The smallest absolute Gasteiger partial charge is 0.237 e. The summed E-state index contributed by atoms with van der Waals surface area (Å²) in [6, 6.07) is 14.5. The fraction of sp³-hybridized carbons (Fsp3) is 0.222. The Bertz CT molecular complexity index is 896. The van der Waals surface area contributed by atoms with E-state index in [1.165, 1.54) is 11.8 Å². The van der Waals surface area contributed by atoms with Gasteiger partial charge in [0.25, 0.3) is 0 Å². The van der Waals surface area contributed by atoms with Crippen molar-refractivity contribution in [3.05, 3.63) is 48.5 Å². The molecule has 140 valence electrons. The summed E-state index contributed by atoms with van der Waals surface area (Å²) < 4.78 is 11.9. The van der Waals surface area contributed by atoms with Gasteiger partial charge in [0.2, 0.25) is 11.1 Å². The third-order valence-electron chi connectivity index (χ3n) is 3.77. The highest BCUT2D eigenvalue weighted by molar-refractivity contribution is 8.00. The number of anilines is 1. The normalized spacial score (nSPS) is 11.7. The van der Waals surface area contributed by atoms with Gasteiger partial charge in [0.05, 0.1) is 25.2 Å². The Morgan fingerprint density at radius 3 is 2.22 bits per heavy atom. The maximum Gasteiger partial charge on any atom is 0.237 e. The first-order valence-electron chi connectivity index (χ1n) is 8.15. The van der Waals surface area contributed by atoms with E-state index in [1.54, 1.807) is 50.1 Å². The number of ether oxygens (including phenoxy) is 2. The van der Waals surface area contributed by atoms with Crippen LogP contribution in [0.3, 0.4) is 0 Å². The van der Waals surface area contributed by atoms with Crippen molar-refractivity contribution in [1.82, 2.24) is 20.2 Å². The Kier molecular flexibility index (Phi) is 5.92. The lowest BCUT2D eigenvalue weighted by molar-refractivity contribution is -0.115. The van der Waals surface area contributed by atoms with Crippen LogP contribution in [0, 0.1) is 0 Å². The molecule has 3 aromatic rings. The molecule has 8 nitrogen and oxygen atoms in total. The summed E-state index contributed by atoms with van der Waals surface area (Å²) in [5, 5.41) is 14.8. The van der Waals surface area contributed by atoms with Crippen LogP contribution in [0.25, 0.3) is 5.69 Å². The number of benzene rings is 2. The summed E-state index contributed by atoms with van der Waals surface area (Å²) in [4.78, 5) is 12.5. The predicted octanol–water partition coefficient (Wildman–Crippen LogP) is 2.80. The van der Waals surface area contributed by atoms with Crippen molar-refractivity contribution in [2.24, 2.45) is 0 Å². The Balaban J connectivity index is 1.67. The largest absolute Gasteiger partial charge is 0.497 e. The highest BCUT2D eigenvalue weighted by Gasteiger charge is 2.19. The number of tetrazole rings is 1. The molecule has 9 heteroatoms. The second-order valence-electron chi connectivity index (χ2n) is 5.55. The number of thioether (sulfide) groups is 1. The molecule has 0 spiro atoms. The highest BCUT2D eigenvalue weighted by Crippen LogP contribution is 2.25. The minimum Gasteiger partial charge on any atom is -0.497 e. The maximum absolute atomic E-state index is 12.5. The molecule has 0 aliphatic heterocycles. The van der Waals surface area contributed by atoms with Crippen LogP contribution in [-0.4, -0.2) is 45.6 Å². The molecule has 1 heterocycles. The van der Waals surface area contributed by atoms with Crippen LogP contribution in [0.5, 0.6) is 11.5 Å². The molecule has 0 fully saturated rings. The lowest BCUT2D eigenvalue weighted by atomic mass is 10.3. The van der Waals surface area contributed by atoms with Gasteiger partial charge in [0.1, 0.15) is 11.5 Å². The topological polar surface area (TPSA) is 91.2 Å². The standard InChI is InChI=1S/C18H19N5O3S/c1-12(17(24)19-13-4-8-15(25-2)9-5-13)27-18-20-21-22-23(18)14-6-10-16(26-3)11-7-14/h4-12H,1-3H3,(H,19,24)/t12-/m1/s1. The van der Waals surface area contributed by atoms with Crippen LogP contribution in [0.15, 0.2) is 53.7 Å². The molecule has 0 bridgehead atoms. The summed E-state index contributed by atoms with van der Waals surface area (Å²) >= 11 is 1.28. The molecule has 0 unspecified atom stereocenters. The van der Waals surface area contributed by atoms with Crippen LogP contribution in [0.1, 0.15) is 6.92 Å². The average Bonchev–Trinajstić information content (AvgIpc) is 3.16.